The number of benzene rings is 2. The number of nitro benzene ring substituents is 1. The molecule has 0 bridgehead atoms. The first kappa shape index (κ1) is 13.6. The van der Waals surface area contributed by atoms with Gasteiger partial charge in [-0.15, -0.1) is 0 Å². The largest absolute Gasteiger partial charge is 0.454 e. The number of para-hydroxylation sites is 1. The summed E-state index contributed by atoms with van der Waals surface area (Å²) >= 11 is 0. The van der Waals surface area contributed by atoms with Gasteiger partial charge in [0.05, 0.1) is 22.1 Å². The molecule has 0 saturated carbocycles. The maximum atomic E-state index is 11.0. The van der Waals surface area contributed by atoms with E-state index in [1.165, 1.54) is 12.1 Å². The number of nitrogens with zero attached hydrogens (tertiary/aromatic N) is 2. The van der Waals surface area contributed by atoms with Crippen LogP contribution in [0.4, 0.5) is 5.69 Å². The van der Waals surface area contributed by atoms with Gasteiger partial charge in [-0.3, -0.25) is 10.1 Å². The van der Waals surface area contributed by atoms with Crippen LogP contribution in [0.15, 0.2) is 42.5 Å². The van der Waals surface area contributed by atoms with Crippen molar-refractivity contribution in [2.24, 2.45) is 0 Å². The zero-order valence-corrected chi connectivity index (χ0v) is 11.4. The lowest BCUT2D eigenvalue weighted by Crippen LogP contribution is -1.93. The van der Waals surface area contributed by atoms with Crippen LogP contribution in [0.2, 0.25) is 0 Å². The van der Waals surface area contributed by atoms with Crippen LogP contribution in [0, 0.1) is 21.4 Å². The van der Waals surface area contributed by atoms with Gasteiger partial charge in [0, 0.05) is 6.07 Å². The second-order valence-corrected chi connectivity index (χ2v) is 4.55. The number of nitro groups is 1. The maximum Gasteiger partial charge on any atom is 0.276 e. The Labute approximate surface area is 126 Å². The highest BCUT2D eigenvalue weighted by atomic mass is 16.7. The van der Waals surface area contributed by atoms with Gasteiger partial charge in [0.2, 0.25) is 6.79 Å². The average Bonchev–Trinajstić information content (AvgIpc) is 3.00. The molecule has 108 valence electrons. The van der Waals surface area contributed by atoms with E-state index in [1.54, 1.807) is 36.4 Å². The third kappa shape index (κ3) is 2.47. The van der Waals surface area contributed by atoms with Crippen molar-refractivity contribution < 1.29 is 14.4 Å². The molecule has 6 nitrogen and oxygen atoms in total. The van der Waals surface area contributed by atoms with Crippen LogP contribution < -0.4 is 9.47 Å². The number of hydrogen-bond donors (Lipinski definition) is 0. The van der Waals surface area contributed by atoms with Crippen molar-refractivity contribution in [1.29, 1.82) is 5.26 Å². The Morgan fingerprint density at radius 3 is 2.77 bits per heavy atom. The number of rotatable bonds is 3. The Balaban J connectivity index is 2.05. The molecule has 1 aliphatic heterocycles. The third-order valence-corrected chi connectivity index (χ3v) is 3.24. The normalized spacial score (nSPS) is 12.8. The Morgan fingerprint density at radius 1 is 1.23 bits per heavy atom. The van der Waals surface area contributed by atoms with Gasteiger partial charge in [0.15, 0.2) is 11.5 Å². The third-order valence-electron chi connectivity index (χ3n) is 3.24. The molecule has 0 saturated heterocycles. The number of fused-ring (bicyclic) bond motifs is 1. The SMILES string of the molecule is N#CC(=Cc1ccccc1[N+](=O)[O-])c1ccc2c(c1)OCO2. The van der Waals surface area contributed by atoms with Crippen molar-refractivity contribution in [3.05, 3.63) is 63.7 Å². The molecule has 2 aromatic rings. The first-order valence-electron chi connectivity index (χ1n) is 6.44. The molecule has 6 heteroatoms. The summed E-state index contributed by atoms with van der Waals surface area (Å²) in [5.74, 6) is 1.17. The topological polar surface area (TPSA) is 85.4 Å². The second kappa shape index (κ2) is 5.58. The molecule has 22 heavy (non-hydrogen) atoms. The summed E-state index contributed by atoms with van der Waals surface area (Å²) in [5, 5.41) is 20.4. The van der Waals surface area contributed by atoms with E-state index >= 15 is 0 Å². The molecular weight excluding hydrogens is 284 g/mol. The van der Waals surface area contributed by atoms with Crippen LogP contribution in [0.1, 0.15) is 11.1 Å². The molecular formula is C16H10N2O4. The first-order chi connectivity index (χ1) is 10.7. The molecule has 3 rings (SSSR count). The van der Waals surface area contributed by atoms with Crippen LogP contribution in [-0.2, 0) is 0 Å². The fraction of sp³-hybridized carbons (Fsp3) is 0.0625. The highest BCUT2D eigenvalue weighted by Gasteiger charge is 2.16. The molecule has 0 fully saturated rings. The zero-order valence-electron chi connectivity index (χ0n) is 11.4. The maximum absolute atomic E-state index is 11.0. The van der Waals surface area contributed by atoms with Crippen molar-refractivity contribution >= 4 is 17.3 Å². The van der Waals surface area contributed by atoms with E-state index in [2.05, 4.69) is 6.07 Å². The number of hydrogen-bond acceptors (Lipinski definition) is 5. The van der Waals surface area contributed by atoms with E-state index in [1.807, 2.05) is 0 Å². The van der Waals surface area contributed by atoms with E-state index in [4.69, 9.17) is 9.47 Å². The van der Waals surface area contributed by atoms with E-state index in [0.29, 0.717) is 28.2 Å². The van der Waals surface area contributed by atoms with Crippen LogP contribution in [0.25, 0.3) is 11.6 Å². The molecule has 1 aliphatic rings. The predicted octanol–water partition coefficient (Wildman–Crippen LogP) is 3.39. The summed E-state index contributed by atoms with van der Waals surface area (Å²) < 4.78 is 10.5. The van der Waals surface area contributed by atoms with Crippen molar-refractivity contribution in [3.8, 4) is 17.6 Å². The lowest BCUT2D eigenvalue weighted by atomic mass is 10.0. The summed E-state index contributed by atoms with van der Waals surface area (Å²) in [4.78, 5) is 10.6. The fourth-order valence-electron chi connectivity index (χ4n) is 2.18. The highest BCUT2D eigenvalue weighted by Crippen LogP contribution is 2.35. The summed E-state index contributed by atoms with van der Waals surface area (Å²) in [5.41, 5.74) is 1.26. The summed E-state index contributed by atoms with van der Waals surface area (Å²) in [6, 6.07) is 13.5. The van der Waals surface area contributed by atoms with Gasteiger partial charge in [0.25, 0.3) is 5.69 Å². The van der Waals surface area contributed by atoms with Crippen LogP contribution in [-0.4, -0.2) is 11.7 Å². The minimum absolute atomic E-state index is 0.0454. The van der Waals surface area contributed by atoms with Crippen LogP contribution in [0.5, 0.6) is 11.5 Å². The minimum atomic E-state index is -0.472. The molecule has 2 aromatic carbocycles. The number of nitriles is 1. The Bertz CT molecular complexity index is 821. The van der Waals surface area contributed by atoms with E-state index in [0.717, 1.165) is 0 Å². The highest BCUT2D eigenvalue weighted by molar-refractivity contribution is 5.91. The predicted molar refractivity (Wildman–Crippen MR) is 79.1 cm³/mol. The Morgan fingerprint density at radius 2 is 2.00 bits per heavy atom. The summed E-state index contributed by atoms with van der Waals surface area (Å²) in [7, 11) is 0. The lowest BCUT2D eigenvalue weighted by Gasteiger charge is -2.02. The van der Waals surface area contributed by atoms with Crippen LogP contribution in [0.3, 0.4) is 0 Å². The van der Waals surface area contributed by atoms with Crippen molar-refractivity contribution in [1.82, 2.24) is 0 Å². The van der Waals surface area contributed by atoms with E-state index < -0.39 is 4.92 Å². The smallest absolute Gasteiger partial charge is 0.276 e. The molecule has 0 aromatic heterocycles. The Kier molecular flexibility index (Phi) is 3.46. The standard InChI is InChI=1S/C16H10N2O4/c17-9-13(7-12-3-1-2-4-14(12)18(19)20)11-5-6-15-16(8-11)22-10-21-15/h1-8H,10H2. The number of ether oxygens (including phenoxy) is 2. The molecule has 0 atom stereocenters. The van der Waals surface area contributed by atoms with Gasteiger partial charge in [-0.2, -0.15) is 5.26 Å². The fourth-order valence-corrected chi connectivity index (χ4v) is 2.18. The van der Waals surface area contributed by atoms with Gasteiger partial charge in [-0.1, -0.05) is 12.1 Å². The van der Waals surface area contributed by atoms with Crippen molar-refractivity contribution in [2.45, 2.75) is 0 Å². The zero-order chi connectivity index (χ0) is 15.5. The molecule has 0 radical (unpaired) electrons. The first-order valence-corrected chi connectivity index (χ1v) is 6.44. The Hall–Kier alpha value is -3.33. The summed E-state index contributed by atoms with van der Waals surface area (Å²) in [6.45, 7) is 0.147. The molecule has 0 amide bonds. The van der Waals surface area contributed by atoms with Gasteiger partial charge in [-0.05, 0) is 35.9 Å². The number of allylic oxidation sites excluding steroid dienone is 1. The molecule has 0 spiro atoms. The molecule has 0 aliphatic carbocycles. The average molecular weight is 294 g/mol. The minimum Gasteiger partial charge on any atom is -0.454 e. The van der Waals surface area contributed by atoms with E-state index in [-0.39, 0.29) is 12.5 Å². The monoisotopic (exact) mass is 294 g/mol. The van der Waals surface area contributed by atoms with Gasteiger partial charge < -0.3 is 9.47 Å². The molecule has 0 unspecified atom stereocenters. The van der Waals surface area contributed by atoms with Crippen molar-refractivity contribution in [2.75, 3.05) is 6.79 Å². The van der Waals surface area contributed by atoms with Crippen LogP contribution >= 0.6 is 0 Å². The van der Waals surface area contributed by atoms with Crippen molar-refractivity contribution in [3.63, 3.8) is 0 Å². The quantitative estimate of drug-likeness (QED) is 0.375. The molecule has 1 heterocycles. The summed E-state index contributed by atoms with van der Waals surface area (Å²) in [6.07, 6.45) is 1.50. The molecule has 0 N–H and O–H groups in total. The van der Waals surface area contributed by atoms with E-state index in [9.17, 15) is 15.4 Å². The van der Waals surface area contributed by atoms with Gasteiger partial charge >= 0.3 is 0 Å². The van der Waals surface area contributed by atoms with Gasteiger partial charge in [0.1, 0.15) is 0 Å². The second-order valence-electron chi connectivity index (χ2n) is 4.55. The lowest BCUT2D eigenvalue weighted by molar-refractivity contribution is -0.385. The van der Waals surface area contributed by atoms with Gasteiger partial charge in [-0.25, -0.2) is 0 Å².